The van der Waals surface area contributed by atoms with Gasteiger partial charge in [0.15, 0.2) is 12.4 Å². The van der Waals surface area contributed by atoms with Crippen LogP contribution in [0.4, 0.5) is 0 Å². The van der Waals surface area contributed by atoms with Crippen LogP contribution < -0.4 is 0 Å². The molecule has 1 saturated heterocycles. The summed E-state index contributed by atoms with van der Waals surface area (Å²) in [7, 11) is 0. The van der Waals surface area contributed by atoms with Crippen molar-refractivity contribution in [3.63, 3.8) is 0 Å². The van der Waals surface area contributed by atoms with E-state index in [2.05, 4.69) is 4.74 Å². The summed E-state index contributed by atoms with van der Waals surface area (Å²) >= 11 is 0. The Kier molecular flexibility index (Phi) is 2.62. The van der Waals surface area contributed by atoms with Gasteiger partial charge in [0.1, 0.15) is 6.10 Å². The predicted octanol–water partition coefficient (Wildman–Crippen LogP) is -3.49. The molecule has 0 aromatic rings. The van der Waals surface area contributed by atoms with Gasteiger partial charge in [-0.15, -0.1) is 0 Å². The van der Waals surface area contributed by atoms with Crippen molar-refractivity contribution < 1.29 is 34.8 Å². The highest BCUT2D eigenvalue weighted by Gasteiger charge is 2.47. The Balaban J connectivity index is 2.74. The van der Waals surface area contributed by atoms with Crippen LogP contribution in [0.25, 0.3) is 0 Å². The number of Topliss-reactive ketones (excluding diaryl/α,β-unsaturated/α-hetero) is 1. The molecule has 13 heavy (non-hydrogen) atoms. The van der Waals surface area contributed by atoms with Gasteiger partial charge in [0.25, 0.3) is 0 Å². The maximum Gasteiger partial charge on any atom is 0.343 e. The first kappa shape index (κ1) is 10.1. The third-order valence-electron chi connectivity index (χ3n) is 1.63. The van der Waals surface area contributed by atoms with Gasteiger partial charge in [-0.1, -0.05) is 0 Å². The molecule has 7 heteroatoms. The van der Waals surface area contributed by atoms with Crippen molar-refractivity contribution in [1.29, 1.82) is 0 Å². The van der Waals surface area contributed by atoms with Crippen molar-refractivity contribution in [3.05, 3.63) is 0 Å². The minimum Gasteiger partial charge on any atom is -0.449 e. The van der Waals surface area contributed by atoms with Crippen molar-refractivity contribution in [2.24, 2.45) is 0 Å². The largest absolute Gasteiger partial charge is 0.449 e. The van der Waals surface area contributed by atoms with E-state index in [9.17, 15) is 9.59 Å². The molecule has 0 aromatic heterocycles. The zero-order chi connectivity index (χ0) is 10.2. The predicted molar refractivity (Wildman–Crippen MR) is 35.1 cm³/mol. The summed E-state index contributed by atoms with van der Waals surface area (Å²) in [4.78, 5) is 21.4. The third-order valence-corrected chi connectivity index (χ3v) is 1.63. The lowest BCUT2D eigenvalue weighted by atomic mass is 10.1. The van der Waals surface area contributed by atoms with E-state index in [1.807, 2.05) is 0 Å². The van der Waals surface area contributed by atoms with Gasteiger partial charge in [0.05, 0.1) is 0 Å². The molecule has 3 atom stereocenters. The molecule has 7 nitrogen and oxygen atoms in total. The van der Waals surface area contributed by atoms with Crippen molar-refractivity contribution in [3.8, 4) is 0 Å². The molecule has 0 saturated carbocycles. The maximum atomic E-state index is 10.9. The molecular formula is C6H8O7. The molecule has 0 aliphatic carbocycles. The van der Waals surface area contributed by atoms with E-state index in [4.69, 9.17) is 20.4 Å². The molecule has 0 aromatic carbocycles. The molecule has 1 aliphatic rings. The summed E-state index contributed by atoms with van der Waals surface area (Å²) in [5, 5.41) is 34.6. The van der Waals surface area contributed by atoms with Gasteiger partial charge in [-0.2, -0.15) is 0 Å². The molecule has 0 amide bonds. The van der Waals surface area contributed by atoms with Gasteiger partial charge in [-0.3, -0.25) is 4.79 Å². The fourth-order valence-electron chi connectivity index (χ4n) is 0.914. The quantitative estimate of drug-likeness (QED) is 0.203. The maximum absolute atomic E-state index is 10.9. The number of aliphatic hydroxyl groups excluding tert-OH is 3. The minimum absolute atomic E-state index is 1.08. The second-order valence-electron chi connectivity index (χ2n) is 2.57. The van der Waals surface area contributed by atoms with Crippen molar-refractivity contribution in [2.75, 3.05) is 0 Å². The first-order chi connectivity index (χ1) is 5.95. The monoisotopic (exact) mass is 192 g/mol. The number of ketones is 1. The highest BCUT2D eigenvalue weighted by atomic mass is 16.6. The average molecular weight is 192 g/mol. The summed E-state index contributed by atoms with van der Waals surface area (Å²) in [5.74, 6) is -2.28. The van der Waals surface area contributed by atoms with Crippen LogP contribution in [-0.4, -0.2) is 56.8 Å². The Morgan fingerprint density at radius 2 is 1.77 bits per heavy atom. The van der Waals surface area contributed by atoms with Gasteiger partial charge in [0, 0.05) is 0 Å². The molecule has 1 heterocycles. The summed E-state index contributed by atoms with van der Waals surface area (Å²) < 4.78 is 4.20. The van der Waals surface area contributed by atoms with Crippen LogP contribution in [0.2, 0.25) is 0 Å². The summed E-state index contributed by atoms with van der Waals surface area (Å²) in [6.07, 6.45) is -7.79. The number of hydrogen-bond acceptors (Lipinski definition) is 7. The number of carbonyl (C=O) groups excluding carboxylic acids is 2. The molecule has 4 N–H and O–H groups in total. The second kappa shape index (κ2) is 3.38. The first-order valence-corrected chi connectivity index (χ1v) is 3.41. The molecule has 0 bridgehead atoms. The second-order valence-corrected chi connectivity index (χ2v) is 2.57. The van der Waals surface area contributed by atoms with Crippen LogP contribution in [0.15, 0.2) is 0 Å². The Morgan fingerprint density at radius 3 is 2.08 bits per heavy atom. The van der Waals surface area contributed by atoms with E-state index in [0.29, 0.717) is 0 Å². The van der Waals surface area contributed by atoms with Gasteiger partial charge in [-0.05, 0) is 0 Å². The highest BCUT2D eigenvalue weighted by Crippen LogP contribution is 2.15. The zero-order valence-electron chi connectivity index (χ0n) is 6.32. The van der Waals surface area contributed by atoms with E-state index >= 15 is 0 Å². The van der Waals surface area contributed by atoms with Crippen LogP contribution in [-0.2, 0) is 14.3 Å². The van der Waals surface area contributed by atoms with Crippen LogP contribution in [0.5, 0.6) is 0 Å². The van der Waals surface area contributed by atoms with Gasteiger partial charge in [-0.25, -0.2) is 4.79 Å². The third kappa shape index (κ3) is 1.68. The average Bonchev–Trinajstić information content (AvgIpc) is 2.31. The van der Waals surface area contributed by atoms with Crippen LogP contribution >= 0.6 is 0 Å². The molecule has 0 radical (unpaired) electrons. The standard InChI is InChI=1S/C6H8O7/c7-1-2(8)6(12)13-4(1)3(9)5(10)11/h2-5,8-11H/t2?,3-,4+/m1/s1. The molecular weight excluding hydrogens is 184 g/mol. The van der Waals surface area contributed by atoms with Crippen molar-refractivity contribution >= 4 is 11.8 Å². The van der Waals surface area contributed by atoms with E-state index in [0.717, 1.165) is 0 Å². The Morgan fingerprint density at radius 1 is 1.23 bits per heavy atom. The topological polar surface area (TPSA) is 124 Å². The SMILES string of the molecule is O=C1O[C@H]([C@@H](O)C(O)O)C(=O)C1O. The van der Waals surface area contributed by atoms with Crippen LogP contribution in [0.3, 0.4) is 0 Å². The summed E-state index contributed by atoms with van der Waals surface area (Å²) in [5.41, 5.74) is 0. The number of rotatable bonds is 2. The molecule has 1 rings (SSSR count). The highest BCUT2D eigenvalue weighted by molar-refractivity contribution is 6.09. The Hall–Kier alpha value is -1.02. The molecule has 1 fully saturated rings. The molecule has 1 aliphatic heterocycles. The fourth-order valence-corrected chi connectivity index (χ4v) is 0.914. The lowest BCUT2D eigenvalue weighted by molar-refractivity contribution is -0.174. The lowest BCUT2D eigenvalue weighted by Crippen LogP contribution is -2.42. The summed E-state index contributed by atoms with van der Waals surface area (Å²) in [6.45, 7) is 0. The van der Waals surface area contributed by atoms with Crippen LogP contribution in [0.1, 0.15) is 0 Å². The number of hydrogen-bond donors (Lipinski definition) is 4. The number of cyclic esters (lactones) is 1. The number of aliphatic hydroxyl groups is 4. The van der Waals surface area contributed by atoms with E-state index in [-0.39, 0.29) is 0 Å². The van der Waals surface area contributed by atoms with Crippen molar-refractivity contribution in [2.45, 2.75) is 24.6 Å². The normalized spacial score (nSPS) is 30.8. The molecule has 1 unspecified atom stereocenters. The summed E-state index contributed by atoms with van der Waals surface area (Å²) in [6, 6.07) is 0. The van der Waals surface area contributed by atoms with E-state index < -0.39 is 36.4 Å². The van der Waals surface area contributed by atoms with Gasteiger partial charge < -0.3 is 25.2 Å². The smallest absolute Gasteiger partial charge is 0.343 e. The molecule has 74 valence electrons. The molecule has 0 spiro atoms. The zero-order valence-corrected chi connectivity index (χ0v) is 6.32. The van der Waals surface area contributed by atoms with E-state index in [1.54, 1.807) is 0 Å². The van der Waals surface area contributed by atoms with Gasteiger partial charge in [0.2, 0.25) is 11.9 Å². The van der Waals surface area contributed by atoms with Gasteiger partial charge >= 0.3 is 5.97 Å². The Bertz CT molecular complexity index is 235. The number of carbonyl (C=O) groups is 2. The lowest BCUT2D eigenvalue weighted by Gasteiger charge is -2.16. The first-order valence-electron chi connectivity index (χ1n) is 3.41. The number of esters is 1. The Labute approximate surface area is 72.2 Å². The fraction of sp³-hybridized carbons (Fsp3) is 0.667. The van der Waals surface area contributed by atoms with Crippen LogP contribution in [0, 0.1) is 0 Å². The minimum atomic E-state index is -2.20. The number of ether oxygens (including phenoxy) is 1. The van der Waals surface area contributed by atoms with Crippen molar-refractivity contribution in [1.82, 2.24) is 0 Å². The van der Waals surface area contributed by atoms with E-state index in [1.165, 1.54) is 0 Å².